The zero-order valence-corrected chi connectivity index (χ0v) is 21.8. The van der Waals surface area contributed by atoms with Crippen LogP contribution in [0.5, 0.6) is 5.75 Å². The van der Waals surface area contributed by atoms with Crippen LogP contribution in [0.4, 0.5) is 23.1 Å². The predicted octanol–water partition coefficient (Wildman–Crippen LogP) is 4.86. The molecular formula is C27H35N7O2. The molecule has 1 aromatic carbocycles. The van der Waals surface area contributed by atoms with E-state index in [1.807, 2.05) is 47.7 Å². The summed E-state index contributed by atoms with van der Waals surface area (Å²) in [5.41, 5.74) is 3.59. The molecule has 190 valence electrons. The van der Waals surface area contributed by atoms with E-state index in [1.165, 1.54) is 0 Å². The molecule has 2 aliphatic rings. The number of methoxy groups -OCH3 is 1. The lowest BCUT2D eigenvalue weighted by atomic mass is 9.83. The fraction of sp³-hybridized carbons (Fsp3) is 0.481. The number of imidazole rings is 1. The molecule has 36 heavy (non-hydrogen) atoms. The van der Waals surface area contributed by atoms with E-state index in [9.17, 15) is 4.79 Å². The molecule has 1 N–H and O–H groups in total. The number of likely N-dealkylation sites (N-methyl/N-ethyl adjacent to an activating group) is 1. The van der Waals surface area contributed by atoms with Gasteiger partial charge in [-0.2, -0.15) is 4.98 Å². The van der Waals surface area contributed by atoms with E-state index in [-0.39, 0.29) is 17.4 Å². The molecule has 9 nitrogen and oxygen atoms in total. The molecule has 1 amide bonds. The summed E-state index contributed by atoms with van der Waals surface area (Å²) < 4.78 is 7.63. The summed E-state index contributed by atoms with van der Waals surface area (Å²) in [5.74, 6) is 2.13. The molecule has 2 unspecified atom stereocenters. The van der Waals surface area contributed by atoms with Crippen LogP contribution in [-0.4, -0.2) is 51.7 Å². The molecular weight excluding hydrogens is 454 g/mol. The summed E-state index contributed by atoms with van der Waals surface area (Å²) in [6.45, 7) is 9.93. The predicted molar refractivity (Wildman–Crippen MR) is 142 cm³/mol. The molecule has 9 heteroatoms. The van der Waals surface area contributed by atoms with Gasteiger partial charge in [-0.05, 0) is 50.7 Å². The Morgan fingerprint density at radius 3 is 2.78 bits per heavy atom. The number of amides is 1. The van der Waals surface area contributed by atoms with Gasteiger partial charge < -0.3 is 24.4 Å². The molecule has 5 rings (SSSR count). The lowest BCUT2D eigenvalue weighted by Crippen LogP contribution is -2.55. The van der Waals surface area contributed by atoms with Crippen molar-refractivity contribution in [1.29, 1.82) is 0 Å². The molecule has 4 heterocycles. The van der Waals surface area contributed by atoms with Gasteiger partial charge in [0.05, 0.1) is 36.7 Å². The fourth-order valence-corrected chi connectivity index (χ4v) is 5.33. The first-order chi connectivity index (χ1) is 17.4. The molecule has 3 aromatic rings. The number of carbonyl (C=O) groups excluding carboxylic acids is 1. The van der Waals surface area contributed by atoms with Crippen molar-refractivity contribution in [3.8, 4) is 11.4 Å². The highest BCUT2D eigenvalue weighted by molar-refractivity contribution is 6.04. The second-order valence-electron chi connectivity index (χ2n) is 10.1. The monoisotopic (exact) mass is 489 g/mol. The third-order valence-corrected chi connectivity index (χ3v) is 7.66. The maximum absolute atomic E-state index is 13.4. The maximum atomic E-state index is 13.4. The van der Waals surface area contributed by atoms with Gasteiger partial charge >= 0.3 is 0 Å². The van der Waals surface area contributed by atoms with Gasteiger partial charge in [-0.25, -0.2) is 9.97 Å². The number of carbonyl (C=O) groups is 1. The van der Waals surface area contributed by atoms with Crippen LogP contribution in [0, 0.1) is 12.3 Å². The molecule has 0 aliphatic carbocycles. The summed E-state index contributed by atoms with van der Waals surface area (Å²) in [4.78, 5) is 31.3. The number of aromatic nitrogens is 4. The highest BCUT2D eigenvalue weighted by atomic mass is 16.5. The van der Waals surface area contributed by atoms with Crippen molar-refractivity contribution in [2.45, 2.75) is 59.4 Å². The highest BCUT2D eigenvalue weighted by Gasteiger charge is 2.43. The van der Waals surface area contributed by atoms with E-state index in [0.29, 0.717) is 18.2 Å². The topological polar surface area (TPSA) is 88.4 Å². The molecule has 0 bridgehead atoms. The molecule has 2 atom stereocenters. The first kappa shape index (κ1) is 24.1. The fourth-order valence-electron chi connectivity index (χ4n) is 5.33. The Morgan fingerprint density at radius 2 is 2.08 bits per heavy atom. The van der Waals surface area contributed by atoms with E-state index in [1.54, 1.807) is 19.6 Å². The third kappa shape index (κ3) is 4.27. The molecule has 1 fully saturated rings. The van der Waals surface area contributed by atoms with Crippen molar-refractivity contribution in [2.24, 2.45) is 5.41 Å². The highest BCUT2D eigenvalue weighted by Crippen LogP contribution is 2.43. The number of hydrogen-bond acceptors (Lipinski definition) is 7. The average molecular weight is 490 g/mol. The van der Waals surface area contributed by atoms with E-state index >= 15 is 0 Å². The number of benzene rings is 1. The van der Waals surface area contributed by atoms with Crippen LogP contribution in [0.1, 0.15) is 52.1 Å². The van der Waals surface area contributed by atoms with Crippen LogP contribution in [-0.2, 0) is 4.79 Å². The zero-order valence-electron chi connectivity index (χ0n) is 21.8. The van der Waals surface area contributed by atoms with Gasteiger partial charge in [-0.1, -0.05) is 20.3 Å². The second kappa shape index (κ2) is 9.44. The van der Waals surface area contributed by atoms with Crippen LogP contribution in [0.2, 0.25) is 0 Å². The van der Waals surface area contributed by atoms with Gasteiger partial charge in [-0.15, -0.1) is 0 Å². The Labute approximate surface area is 212 Å². The second-order valence-corrected chi connectivity index (χ2v) is 10.1. The molecule has 2 aliphatic heterocycles. The third-order valence-electron chi connectivity index (χ3n) is 7.66. The van der Waals surface area contributed by atoms with Crippen LogP contribution < -0.4 is 19.9 Å². The van der Waals surface area contributed by atoms with Crippen molar-refractivity contribution in [2.75, 3.05) is 35.3 Å². The number of rotatable bonds is 6. The normalized spacial score (nSPS) is 21.6. The van der Waals surface area contributed by atoms with E-state index < -0.39 is 0 Å². The quantitative estimate of drug-likeness (QED) is 0.529. The Morgan fingerprint density at radius 1 is 1.25 bits per heavy atom. The first-order valence-electron chi connectivity index (χ1n) is 12.8. The smallest absolute Gasteiger partial charge is 0.249 e. The first-order valence-corrected chi connectivity index (χ1v) is 12.8. The van der Waals surface area contributed by atoms with Gasteiger partial charge in [-0.3, -0.25) is 4.79 Å². The Kier molecular flexibility index (Phi) is 6.32. The maximum Gasteiger partial charge on any atom is 0.249 e. The van der Waals surface area contributed by atoms with E-state index in [4.69, 9.17) is 9.72 Å². The van der Waals surface area contributed by atoms with Crippen molar-refractivity contribution in [1.82, 2.24) is 19.5 Å². The van der Waals surface area contributed by atoms with Crippen molar-refractivity contribution in [3.63, 3.8) is 0 Å². The minimum absolute atomic E-state index is 0.143. The zero-order chi connectivity index (χ0) is 25.4. The number of nitrogens with zero attached hydrogens (tertiary/aromatic N) is 6. The standard InChI is InChI=1S/C27H35N7O2/c1-6-27(4)12-8-9-21-25(35)33(7-2)22-14-28-26(31-24(22)34(21)16-27)30-20-11-10-19(13-23(20)36-5)32-15-18(3)29-17-32/h10-11,13-15,17,21H,6-9,12,16H2,1-5H3,(H,28,30,31). The van der Waals surface area contributed by atoms with E-state index in [2.05, 4.69) is 34.0 Å². The summed E-state index contributed by atoms with van der Waals surface area (Å²) in [6.07, 6.45) is 9.59. The molecule has 1 saturated heterocycles. The van der Waals surface area contributed by atoms with Crippen molar-refractivity contribution < 1.29 is 9.53 Å². The summed E-state index contributed by atoms with van der Waals surface area (Å²) in [5, 5.41) is 3.35. The minimum Gasteiger partial charge on any atom is -0.494 e. The van der Waals surface area contributed by atoms with Crippen LogP contribution in [0.25, 0.3) is 5.69 Å². The van der Waals surface area contributed by atoms with Crippen LogP contribution in [0.3, 0.4) is 0 Å². The SMILES string of the molecule is CCN1C(=O)C2CCCC(C)(CC)CN2c2nc(Nc3ccc(-n4cnc(C)c4)cc3OC)ncc21. The van der Waals surface area contributed by atoms with E-state index in [0.717, 1.165) is 60.8 Å². The average Bonchev–Trinajstić information content (AvgIpc) is 3.23. The number of aryl methyl sites for hydroxylation is 1. The van der Waals surface area contributed by atoms with Crippen LogP contribution in [0.15, 0.2) is 36.9 Å². The number of hydrogen-bond donors (Lipinski definition) is 1. The Bertz CT molecular complexity index is 1270. The lowest BCUT2D eigenvalue weighted by Gasteiger charge is -2.43. The van der Waals surface area contributed by atoms with Crippen molar-refractivity contribution in [3.05, 3.63) is 42.6 Å². The van der Waals surface area contributed by atoms with Gasteiger partial charge in [0.1, 0.15) is 17.5 Å². The minimum atomic E-state index is -0.180. The number of ether oxygens (including phenoxy) is 1. The van der Waals surface area contributed by atoms with Crippen LogP contribution >= 0.6 is 0 Å². The summed E-state index contributed by atoms with van der Waals surface area (Å²) in [7, 11) is 1.65. The number of anilines is 4. The van der Waals surface area contributed by atoms with Crippen molar-refractivity contribution >= 4 is 29.0 Å². The summed E-state index contributed by atoms with van der Waals surface area (Å²) >= 11 is 0. The number of fused-ring (bicyclic) bond motifs is 3. The van der Waals surface area contributed by atoms with Gasteiger partial charge in [0, 0.05) is 25.4 Å². The molecule has 0 radical (unpaired) electrons. The molecule has 2 aromatic heterocycles. The Hall–Kier alpha value is -3.62. The summed E-state index contributed by atoms with van der Waals surface area (Å²) in [6, 6.07) is 5.73. The number of nitrogens with one attached hydrogen (secondary N) is 1. The molecule has 0 saturated carbocycles. The molecule has 0 spiro atoms. The largest absolute Gasteiger partial charge is 0.494 e. The lowest BCUT2D eigenvalue weighted by molar-refractivity contribution is -0.120. The van der Waals surface area contributed by atoms with Gasteiger partial charge in [0.15, 0.2) is 5.82 Å². The van der Waals surface area contributed by atoms with Gasteiger partial charge in [0.2, 0.25) is 11.9 Å². The Balaban J connectivity index is 1.50. The van der Waals surface area contributed by atoms with Gasteiger partial charge in [0.25, 0.3) is 0 Å².